The van der Waals surface area contributed by atoms with Gasteiger partial charge in [0.05, 0.1) is 11.6 Å². The van der Waals surface area contributed by atoms with Gasteiger partial charge in [0.2, 0.25) is 0 Å². The van der Waals surface area contributed by atoms with Crippen molar-refractivity contribution in [1.29, 1.82) is 0 Å². The van der Waals surface area contributed by atoms with E-state index in [9.17, 15) is 13.6 Å². The second-order valence-corrected chi connectivity index (χ2v) is 8.22. The number of hydrogen-bond donors (Lipinski definition) is 2. The second kappa shape index (κ2) is 8.36. The summed E-state index contributed by atoms with van der Waals surface area (Å²) in [6, 6.07) is 3.95. The van der Waals surface area contributed by atoms with Crippen molar-refractivity contribution in [3.63, 3.8) is 0 Å². The zero-order valence-electron chi connectivity index (χ0n) is 18.4. The molecule has 0 radical (unpaired) electrons. The molecule has 3 heterocycles. The largest absolute Gasteiger partial charge is 0.364 e. The van der Waals surface area contributed by atoms with Crippen LogP contribution in [0.15, 0.2) is 30.9 Å². The van der Waals surface area contributed by atoms with E-state index in [-0.39, 0.29) is 17.2 Å². The standard InChI is InChI=1S/C22H21F2N9O/c1-10(22-31-11(2)32-33(22)17-7-16(20(25)34)26-8-27-17)30-21-15-6-13(19(23)24)5-14(12-3-4-12)18(15)28-9-29-21/h5-10,12,19H,3-4H2,1-2H3,(H2,25,34)(H,28,29,30)/t10-/m0/s1. The first kappa shape index (κ1) is 21.7. The van der Waals surface area contributed by atoms with Crippen molar-refractivity contribution >= 4 is 22.6 Å². The van der Waals surface area contributed by atoms with Gasteiger partial charge in [-0.3, -0.25) is 4.79 Å². The molecule has 0 spiro atoms. The van der Waals surface area contributed by atoms with Gasteiger partial charge in [0, 0.05) is 17.0 Å². The first-order valence-corrected chi connectivity index (χ1v) is 10.7. The van der Waals surface area contributed by atoms with Gasteiger partial charge < -0.3 is 11.1 Å². The molecule has 1 saturated carbocycles. The van der Waals surface area contributed by atoms with Crippen LogP contribution in [0.4, 0.5) is 14.6 Å². The Labute approximate surface area is 192 Å². The molecule has 1 fully saturated rings. The van der Waals surface area contributed by atoms with Crippen LogP contribution in [0, 0.1) is 6.92 Å². The van der Waals surface area contributed by atoms with Gasteiger partial charge in [0.1, 0.15) is 30.0 Å². The molecule has 12 heteroatoms. The topological polar surface area (TPSA) is 137 Å². The van der Waals surface area contributed by atoms with Crippen LogP contribution >= 0.6 is 0 Å². The lowest BCUT2D eigenvalue weighted by atomic mass is 10.0. The maximum absolute atomic E-state index is 13.6. The molecule has 0 unspecified atom stereocenters. The molecular weight excluding hydrogens is 444 g/mol. The maximum atomic E-state index is 13.6. The summed E-state index contributed by atoms with van der Waals surface area (Å²) in [7, 11) is 0. The number of amides is 1. The number of benzene rings is 1. The molecule has 3 N–H and O–H groups in total. The Kier molecular flexibility index (Phi) is 5.34. The van der Waals surface area contributed by atoms with Gasteiger partial charge in [-0.1, -0.05) is 0 Å². The number of anilines is 1. The second-order valence-electron chi connectivity index (χ2n) is 8.22. The Morgan fingerprint density at radius 1 is 1.15 bits per heavy atom. The number of fused-ring (bicyclic) bond motifs is 1. The number of primary amides is 1. The van der Waals surface area contributed by atoms with Crippen LogP contribution in [0.3, 0.4) is 0 Å². The third-order valence-electron chi connectivity index (χ3n) is 5.66. The number of nitrogens with two attached hydrogens (primary N) is 1. The Morgan fingerprint density at radius 2 is 1.91 bits per heavy atom. The summed E-state index contributed by atoms with van der Waals surface area (Å²) in [5.74, 6) is 1.23. The molecule has 0 aliphatic heterocycles. The van der Waals surface area contributed by atoms with E-state index in [1.807, 2.05) is 6.92 Å². The van der Waals surface area contributed by atoms with Crippen molar-refractivity contribution in [2.75, 3.05) is 5.32 Å². The van der Waals surface area contributed by atoms with Crippen LogP contribution in [0.5, 0.6) is 0 Å². The average molecular weight is 465 g/mol. The summed E-state index contributed by atoms with van der Waals surface area (Å²) in [6.07, 6.45) is 1.96. The third-order valence-corrected chi connectivity index (χ3v) is 5.66. The smallest absolute Gasteiger partial charge is 0.267 e. The number of hydrogen-bond acceptors (Lipinski definition) is 8. The molecule has 34 heavy (non-hydrogen) atoms. The van der Waals surface area contributed by atoms with Gasteiger partial charge >= 0.3 is 0 Å². The van der Waals surface area contributed by atoms with E-state index in [0.717, 1.165) is 18.4 Å². The first-order chi connectivity index (χ1) is 16.3. The fraction of sp³-hybridized carbons (Fsp3) is 0.318. The average Bonchev–Trinajstić information content (AvgIpc) is 3.59. The predicted octanol–water partition coefficient (Wildman–Crippen LogP) is 3.40. The zero-order valence-corrected chi connectivity index (χ0v) is 18.4. The van der Waals surface area contributed by atoms with E-state index in [1.165, 1.54) is 29.5 Å². The molecule has 4 aromatic rings. The number of carbonyl (C=O) groups excluding carboxylic acids is 1. The Morgan fingerprint density at radius 3 is 2.62 bits per heavy atom. The molecule has 0 saturated heterocycles. The lowest BCUT2D eigenvalue weighted by Crippen LogP contribution is -2.17. The van der Waals surface area contributed by atoms with Crippen molar-refractivity contribution in [2.24, 2.45) is 5.73 Å². The van der Waals surface area contributed by atoms with Crippen LogP contribution < -0.4 is 11.1 Å². The van der Waals surface area contributed by atoms with Crippen LogP contribution in [-0.2, 0) is 0 Å². The highest BCUT2D eigenvalue weighted by atomic mass is 19.3. The number of halogens is 2. The number of nitrogens with zero attached hydrogens (tertiary/aromatic N) is 7. The summed E-state index contributed by atoms with van der Waals surface area (Å²) in [6.45, 7) is 3.56. The predicted molar refractivity (Wildman–Crippen MR) is 119 cm³/mol. The SMILES string of the molecule is Cc1nc([C@H](C)Nc2ncnc3c(C4CC4)cc(C(F)F)cc23)n(-c2cc(C(N)=O)ncn2)n1. The lowest BCUT2D eigenvalue weighted by Gasteiger charge is -2.17. The van der Waals surface area contributed by atoms with Gasteiger partial charge in [-0.2, -0.15) is 4.68 Å². The van der Waals surface area contributed by atoms with Crippen molar-refractivity contribution < 1.29 is 13.6 Å². The molecule has 1 aromatic carbocycles. The fourth-order valence-electron chi connectivity index (χ4n) is 3.91. The number of rotatable bonds is 7. The third kappa shape index (κ3) is 4.02. The molecule has 5 rings (SSSR count). The molecule has 1 amide bonds. The number of alkyl halides is 2. The van der Waals surface area contributed by atoms with Gasteiger partial charge in [0.15, 0.2) is 11.6 Å². The summed E-state index contributed by atoms with van der Waals surface area (Å²) >= 11 is 0. The molecular formula is C22H21F2N9O. The van der Waals surface area contributed by atoms with E-state index in [2.05, 4.69) is 35.3 Å². The minimum Gasteiger partial charge on any atom is -0.364 e. The monoisotopic (exact) mass is 465 g/mol. The molecule has 0 bridgehead atoms. The first-order valence-electron chi connectivity index (χ1n) is 10.7. The van der Waals surface area contributed by atoms with Crippen LogP contribution in [-0.4, -0.2) is 40.6 Å². The molecule has 1 atom stereocenters. The maximum Gasteiger partial charge on any atom is 0.267 e. The van der Waals surface area contributed by atoms with Crippen molar-refractivity contribution in [3.8, 4) is 5.82 Å². The normalized spacial score (nSPS) is 14.5. The van der Waals surface area contributed by atoms with Crippen molar-refractivity contribution in [2.45, 2.75) is 45.1 Å². The van der Waals surface area contributed by atoms with E-state index in [0.29, 0.717) is 34.2 Å². The summed E-state index contributed by atoms with van der Waals surface area (Å²) in [4.78, 5) is 32.8. The summed E-state index contributed by atoms with van der Waals surface area (Å²) in [5, 5.41) is 8.16. The summed E-state index contributed by atoms with van der Waals surface area (Å²) < 4.78 is 28.7. The molecule has 1 aliphatic carbocycles. The highest BCUT2D eigenvalue weighted by molar-refractivity contribution is 5.92. The quantitative estimate of drug-likeness (QED) is 0.424. The minimum atomic E-state index is -2.60. The number of aromatic nitrogens is 7. The highest BCUT2D eigenvalue weighted by Crippen LogP contribution is 2.44. The van der Waals surface area contributed by atoms with Gasteiger partial charge in [0.25, 0.3) is 12.3 Å². The fourth-order valence-corrected chi connectivity index (χ4v) is 3.91. The zero-order chi connectivity index (χ0) is 24.0. The van der Waals surface area contributed by atoms with Gasteiger partial charge in [-0.05, 0) is 50.3 Å². The van der Waals surface area contributed by atoms with Gasteiger partial charge in [-0.15, -0.1) is 5.10 Å². The number of carbonyl (C=O) groups is 1. The van der Waals surface area contributed by atoms with Crippen LogP contribution in [0.2, 0.25) is 0 Å². The highest BCUT2D eigenvalue weighted by Gasteiger charge is 2.28. The van der Waals surface area contributed by atoms with E-state index < -0.39 is 18.4 Å². The molecule has 174 valence electrons. The number of aryl methyl sites for hydroxylation is 1. The summed E-state index contributed by atoms with van der Waals surface area (Å²) in [5.41, 5.74) is 6.81. The van der Waals surface area contributed by atoms with Gasteiger partial charge in [-0.25, -0.2) is 33.7 Å². The lowest BCUT2D eigenvalue weighted by molar-refractivity contribution is 0.0995. The molecule has 10 nitrogen and oxygen atoms in total. The Hall–Kier alpha value is -4.09. The minimum absolute atomic E-state index is 0.0404. The van der Waals surface area contributed by atoms with Crippen molar-refractivity contribution in [3.05, 3.63) is 59.3 Å². The van der Waals surface area contributed by atoms with E-state index >= 15 is 0 Å². The molecule has 1 aliphatic rings. The number of nitrogens with one attached hydrogen (secondary N) is 1. The Balaban J connectivity index is 1.55. The molecule has 3 aromatic heterocycles. The van der Waals surface area contributed by atoms with E-state index in [1.54, 1.807) is 13.0 Å². The Bertz CT molecular complexity index is 1400. The van der Waals surface area contributed by atoms with Crippen LogP contribution in [0.25, 0.3) is 16.7 Å². The van der Waals surface area contributed by atoms with Crippen LogP contribution in [0.1, 0.15) is 71.4 Å². The van der Waals surface area contributed by atoms with E-state index in [4.69, 9.17) is 5.73 Å². The van der Waals surface area contributed by atoms with Crippen molar-refractivity contribution in [1.82, 2.24) is 34.7 Å².